The second-order valence-electron chi connectivity index (χ2n) is 8.89. The van der Waals surface area contributed by atoms with Gasteiger partial charge >= 0.3 is 0 Å². The number of nitrogen functional groups attached to an aromatic ring is 1. The fourth-order valence-electron chi connectivity index (χ4n) is 4.56. The quantitative estimate of drug-likeness (QED) is 0.293. The average Bonchev–Trinajstić information content (AvgIpc) is 3.34. The SMILES string of the molecule is C=CC(=O)N1C[Si](n2nc(C#Cc3cc4ncn(C5CC5)c4cc3F)c(C(N)=O)c2N)C[C@@H]1COC. The number of methoxy groups -OCH3 is 1. The van der Waals surface area contributed by atoms with Crippen LogP contribution in [0.15, 0.2) is 31.1 Å². The molecule has 185 valence electrons. The molecule has 3 aromatic rings. The minimum atomic E-state index is -1.55. The molecule has 1 radical (unpaired) electrons. The lowest BCUT2D eigenvalue weighted by molar-refractivity contribution is -0.127. The van der Waals surface area contributed by atoms with Crippen molar-refractivity contribution in [1.29, 1.82) is 0 Å². The first kappa shape index (κ1) is 23.8. The molecule has 4 N–H and O–H groups in total. The van der Waals surface area contributed by atoms with Gasteiger partial charge in [-0.05, 0) is 36.9 Å². The number of aromatic nitrogens is 4. The van der Waals surface area contributed by atoms with E-state index in [1.54, 1.807) is 28.8 Å². The lowest BCUT2D eigenvalue weighted by Gasteiger charge is -2.22. The van der Waals surface area contributed by atoms with Gasteiger partial charge in [-0.1, -0.05) is 12.5 Å². The maximum atomic E-state index is 14.9. The Morgan fingerprint density at radius 1 is 1.36 bits per heavy atom. The third kappa shape index (κ3) is 4.16. The molecule has 1 saturated heterocycles. The molecule has 2 fully saturated rings. The summed E-state index contributed by atoms with van der Waals surface area (Å²) in [4.78, 5) is 30.6. The number of nitrogens with zero attached hydrogens (tertiary/aromatic N) is 5. The molecule has 2 aliphatic rings. The van der Waals surface area contributed by atoms with Crippen molar-refractivity contribution >= 4 is 37.6 Å². The molecular weight excluding hydrogens is 481 g/mol. The Bertz CT molecular complexity index is 1450. The third-order valence-electron chi connectivity index (χ3n) is 6.47. The monoisotopic (exact) mass is 506 g/mol. The van der Waals surface area contributed by atoms with Gasteiger partial charge in [-0.25, -0.2) is 9.37 Å². The highest BCUT2D eigenvalue weighted by Crippen LogP contribution is 2.37. The molecule has 10 nitrogen and oxygen atoms in total. The molecule has 0 unspecified atom stereocenters. The highest BCUT2D eigenvalue weighted by molar-refractivity contribution is 6.59. The number of imidazole rings is 1. The predicted octanol–water partition coefficient (Wildman–Crippen LogP) is 1.21. The van der Waals surface area contributed by atoms with E-state index < -0.39 is 20.7 Å². The van der Waals surface area contributed by atoms with Crippen molar-refractivity contribution in [1.82, 2.24) is 23.9 Å². The van der Waals surface area contributed by atoms with Gasteiger partial charge in [0, 0.05) is 25.4 Å². The van der Waals surface area contributed by atoms with Crippen LogP contribution in [0.5, 0.6) is 0 Å². The van der Waals surface area contributed by atoms with Crippen LogP contribution in [0.25, 0.3) is 11.0 Å². The summed E-state index contributed by atoms with van der Waals surface area (Å²) in [7, 11) is 0.0154. The largest absolute Gasteiger partial charge is 0.384 e. The number of nitrogens with two attached hydrogens (primary N) is 2. The smallest absolute Gasteiger partial charge is 0.255 e. The molecule has 1 atom stereocenters. The van der Waals surface area contributed by atoms with Crippen LogP contribution in [0, 0.1) is 17.7 Å². The number of rotatable bonds is 6. The molecule has 1 saturated carbocycles. The van der Waals surface area contributed by atoms with Gasteiger partial charge < -0.3 is 25.7 Å². The molecule has 0 bridgehead atoms. The highest BCUT2D eigenvalue weighted by atomic mass is 28.3. The van der Waals surface area contributed by atoms with Crippen LogP contribution in [0.1, 0.15) is 40.5 Å². The van der Waals surface area contributed by atoms with E-state index in [0.717, 1.165) is 18.4 Å². The summed E-state index contributed by atoms with van der Waals surface area (Å²) in [6, 6.07) is 3.82. The minimum absolute atomic E-state index is 0.0173. The first-order valence-corrected chi connectivity index (χ1v) is 13.3. The van der Waals surface area contributed by atoms with E-state index in [9.17, 15) is 14.0 Å². The number of hydrogen-bond donors (Lipinski definition) is 2. The Morgan fingerprint density at radius 3 is 2.81 bits per heavy atom. The Morgan fingerprint density at radius 2 is 2.14 bits per heavy atom. The zero-order chi connectivity index (χ0) is 25.6. The van der Waals surface area contributed by atoms with Crippen molar-refractivity contribution in [2.24, 2.45) is 5.73 Å². The number of primary amides is 1. The molecule has 1 aliphatic carbocycles. The van der Waals surface area contributed by atoms with Crippen LogP contribution in [0.2, 0.25) is 6.04 Å². The van der Waals surface area contributed by atoms with E-state index >= 15 is 0 Å². The number of benzene rings is 1. The second kappa shape index (κ2) is 9.25. The number of anilines is 1. The standard InChI is InChI=1S/C24H25FN7O3Si/c1-3-21(33)31-13-36(11-16(31)10-35-2)32-23(26)22(24(27)34)18(29-32)7-4-14-8-19-20(9-17(14)25)30(12-28-19)15-5-6-15/h3,8-9,12,15-16H,1,5-6,10-11,13,26H2,2H3,(H2,27,34)/t16-/m0/s1. The van der Waals surface area contributed by atoms with E-state index in [4.69, 9.17) is 16.2 Å². The zero-order valence-corrected chi connectivity index (χ0v) is 20.7. The number of amides is 2. The van der Waals surface area contributed by atoms with Gasteiger partial charge in [-0.3, -0.25) is 13.9 Å². The van der Waals surface area contributed by atoms with Gasteiger partial charge in [0.05, 0.1) is 35.6 Å². The van der Waals surface area contributed by atoms with Gasteiger partial charge in [-0.2, -0.15) is 5.10 Å². The lowest BCUT2D eigenvalue weighted by atomic mass is 10.1. The van der Waals surface area contributed by atoms with E-state index in [0.29, 0.717) is 30.4 Å². The molecule has 36 heavy (non-hydrogen) atoms. The van der Waals surface area contributed by atoms with Gasteiger partial charge in [-0.15, -0.1) is 0 Å². The first-order chi connectivity index (χ1) is 17.3. The molecule has 2 amide bonds. The topological polar surface area (TPSA) is 134 Å². The first-order valence-electron chi connectivity index (χ1n) is 11.5. The summed E-state index contributed by atoms with van der Waals surface area (Å²) >= 11 is 0. The minimum Gasteiger partial charge on any atom is -0.384 e. The molecular formula is C24H25FN7O3Si. The molecule has 3 heterocycles. The van der Waals surface area contributed by atoms with Gasteiger partial charge in [0.15, 0.2) is 0 Å². The van der Waals surface area contributed by atoms with E-state index in [-0.39, 0.29) is 34.6 Å². The number of carbonyl (C=O) groups is 2. The van der Waals surface area contributed by atoms with Crippen molar-refractivity contribution in [2.45, 2.75) is 31.0 Å². The molecule has 5 rings (SSSR count). The Labute approximate surface area is 208 Å². The molecule has 0 spiro atoms. The van der Waals surface area contributed by atoms with Crippen LogP contribution < -0.4 is 11.5 Å². The van der Waals surface area contributed by atoms with Crippen molar-refractivity contribution in [3.63, 3.8) is 0 Å². The van der Waals surface area contributed by atoms with Gasteiger partial charge in [0.25, 0.3) is 5.91 Å². The second-order valence-corrected chi connectivity index (χ2v) is 11.2. The molecule has 12 heteroatoms. The fourth-order valence-corrected chi connectivity index (χ4v) is 7.38. The number of hydrogen-bond acceptors (Lipinski definition) is 6. The molecule has 2 aromatic heterocycles. The van der Waals surface area contributed by atoms with Gasteiger partial charge in [0.1, 0.15) is 22.9 Å². The lowest BCUT2D eigenvalue weighted by Crippen LogP contribution is -2.38. The summed E-state index contributed by atoms with van der Waals surface area (Å²) in [6.45, 7) is 3.91. The van der Waals surface area contributed by atoms with E-state index in [2.05, 4.69) is 28.5 Å². The Hall–Kier alpha value is -3.95. The van der Waals surface area contributed by atoms with Crippen LogP contribution in [-0.4, -0.2) is 70.6 Å². The number of halogens is 1. The fraction of sp³-hybridized carbons (Fsp3) is 0.333. The highest BCUT2D eigenvalue weighted by Gasteiger charge is 2.39. The van der Waals surface area contributed by atoms with E-state index in [1.807, 2.05) is 4.57 Å². The van der Waals surface area contributed by atoms with E-state index in [1.165, 1.54) is 12.1 Å². The zero-order valence-electron chi connectivity index (χ0n) is 19.7. The number of carbonyl (C=O) groups excluding carboxylic acids is 2. The van der Waals surface area contributed by atoms with Gasteiger partial charge in [0.2, 0.25) is 14.9 Å². The van der Waals surface area contributed by atoms with Crippen LogP contribution in [0.4, 0.5) is 10.2 Å². The van der Waals surface area contributed by atoms with Crippen LogP contribution in [-0.2, 0) is 9.53 Å². The van der Waals surface area contributed by atoms with Crippen molar-refractivity contribution in [2.75, 3.05) is 25.6 Å². The summed E-state index contributed by atoms with van der Waals surface area (Å²) in [5.41, 5.74) is 13.4. The maximum absolute atomic E-state index is 14.9. The van der Waals surface area contributed by atoms with Crippen molar-refractivity contribution in [3.05, 3.63) is 53.8 Å². The Kier molecular flexibility index (Phi) is 6.11. The van der Waals surface area contributed by atoms with Crippen LogP contribution in [0.3, 0.4) is 0 Å². The van der Waals surface area contributed by atoms with Crippen molar-refractivity contribution in [3.8, 4) is 11.8 Å². The maximum Gasteiger partial charge on any atom is 0.255 e. The number of fused-ring (bicyclic) bond motifs is 1. The summed E-state index contributed by atoms with van der Waals surface area (Å²) in [5, 5.41) is 4.49. The average molecular weight is 507 g/mol. The van der Waals surface area contributed by atoms with Crippen LogP contribution >= 0.6 is 0 Å². The summed E-state index contributed by atoms with van der Waals surface area (Å²) in [6.07, 6.45) is 5.49. The summed E-state index contributed by atoms with van der Waals surface area (Å²) in [5.74, 6) is 4.15. The summed E-state index contributed by atoms with van der Waals surface area (Å²) < 4.78 is 23.7. The third-order valence-corrected chi connectivity index (χ3v) is 9.06. The predicted molar refractivity (Wildman–Crippen MR) is 133 cm³/mol. The Balaban J connectivity index is 1.49. The number of ether oxygens (including phenoxy) is 1. The van der Waals surface area contributed by atoms with Crippen molar-refractivity contribution < 1.29 is 18.7 Å². The molecule has 1 aliphatic heterocycles. The normalized spacial score (nSPS) is 17.8. The molecule has 1 aromatic carbocycles.